The number of carboxylic acid groups (broad SMARTS) is 1. The Hall–Kier alpha value is -3.79. The molecule has 150 valence electrons. The predicted octanol–water partition coefficient (Wildman–Crippen LogP) is 5.67. The first-order valence-corrected chi connectivity index (χ1v) is 9.85. The van der Waals surface area contributed by atoms with Gasteiger partial charge in [-0.15, -0.1) is 0 Å². The van der Waals surface area contributed by atoms with Crippen molar-refractivity contribution >= 4 is 22.9 Å². The minimum atomic E-state index is -0.964. The molecule has 4 rings (SSSR count). The van der Waals surface area contributed by atoms with Crippen molar-refractivity contribution in [1.29, 1.82) is 0 Å². The maximum Gasteiger partial charge on any atom is 0.328 e. The number of fused-ring (bicyclic) bond motifs is 1. The molecule has 4 aromatic rings. The van der Waals surface area contributed by atoms with E-state index in [9.17, 15) is 4.79 Å². The van der Waals surface area contributed by atoms with Crippen LogP contribution >= 0.6 is 0 Å². The summed E-state index contributed by atoms with van der Waals surface area (Å²) in [6, 6.07) is 26.4. The first kappa shape index (κ1) is 19.5. The zero-order valence-electron chi connectivity index (χ0n) is 16.8. The maximum atomic E-state index is 11.1. The van der Waals surface area contributed by atoms with E-state index in [2.05, 4.69) is 35.8 Å². The summed E-state index contributed by atoms with van der Waals surface area (Å²) in [5.74, 6) is -0.179. The molecule has 0 saturated heterocycles. The Labute approximate surface area is 175 Å². The molecule has 1 N–H and O–H groups in total. The summed E-state index contributed by atoms with van der Waals surface area (Å²) in [6.45, 7) is 3.22. The molecular weight excluding hydrogens is 374 g/mol. The quantitative estimate of drug-likeness (QED) is 0.409. The summed E-state index contributed by atoms with van der Waals surface area (Å²) < 4.78 is 8.08. The zero-order valence-corrected chi connectivity index (χ0v) is 16.8. The number of benzene rings is 3. The van der Waals surface area contributed by atoms with Crippen LogP contribution in [0.4, 0.5) is 0 Å². The van der Waals surface area contributed by atoms with Crippen LogP contribution in [0.15, 0.2) is 84.9 Å². The van der Waals surface area contributed by atoms with Crippen LogP contribution in [0.1, 0.15) is 22.4 Å². The van der Waals surface area contributed by atoms with E-state index < -0.39 is 5.97 Å². The summed E-state index contributed by atoms with van der Waals surface area (Å²) in [6.07, 6.45) is 2.81. The summed E-state index contributed by atoms with van der Waals surface area (Å²) in [7, 11) is 0. The van der Waals surface area contributed by atoms with Crippen molar-refractivity contribution in [3.63, 3.8) is 0 Å². The van der Waals surface area contributed by atoms with Crippen LogP contribution < -0.4 is 4.74 Å². The summed E-state index contributed by atoms with van der Waals surface area (Å²) in [5.41, 5.74) is 5.36. The van der Waals surface area contributed by atoms with Gasteiger partial charge in [-0.25, -0.2) is 4.79 Å². The zero-order chi connectivity index (χ0) is 20.9. The lowest BCUT2D eigenvalue weighted by molar-refractivity contribution is -0.131. The Morgan fingerprint density at radius 1 is 0.967 bits per heavy atom. The number of ether oxygens (including phenoxy) is 1. The Bertz CT molecular complexity index is 1190. The SMILES string of the molecule is Cc1ccc(Cn2c(/C=C/C(=O)O)cc3cc(OCc4ccccc4)ccc32)cc1. The van der Waals surface area contributed by atoms with E-state index in [1.807, 2.05) is 54.6 Å². The van der Waals surface area contributed by atoms with E-state index >= 15 is 0 Å². The fourth-order valence-electron chi connectivity index (χ4n) is 3.45. The maximum absolute atomic E-state index is 11.1. The van der Waals surface area contributed by atoms with Crippen LogP contribution in [0.2, 0.25) is 0 Å². The average Bonchev–Trinajstić information content (AvgIpc) is 3.09. The molecule has 0 spiro atoms. The molecule has 3 aromatic carbocycles. The predicted molar refractivity (Wildman–Crippen MR) is 120 cm³/mol. The van der Waals surface area contributed by atoms with Crippen molar-refractivity contribution in [2.75, 3.05) is 0 Å². The topological polar surface area (TPSA) is 51.5 Å². The Morgan fingerprint density at radius 2 is 1.73 bits per heavy atom. The van der Waals surface area contributed by atoms with Gasteiger partial charge in [-0.3, -0.25) is 0 Å². The number of aryl methyl sites for hydroxylation is 1. The fourth-order valence-corrected chi connectivity index (χ4v) is 3.45. The van der Waals surface area contributed by atoms with Crippen LogP contribution in [-0.2, 0) is 17.9 Å². The number of hydrogen-bond acceptors (Lipinski definition) is 2. The number of aromatic nitrogens is 1. The smallest absolute Gasteiger partial charge is 0.328 e. The molecule has 0 unspecified atom stereocenters. The highest BCUT2D eigenvalue weighted by atomic mass is 16.5. The van der Waals surface area contributed by atoms with E-state index in [0.29, 0.717) is 13.2 Å². The van der Waals surface area contributed by atoms with Gasteiger partial charge in [-0.2, -0.15) is 0 Å². The number of nitrogens with zero attached hydrogens (tertiary/aromatic N) is 1. The lowest BCUT2D eigenvalue weighted by atomic mass is 10.1. The van der Waals surface area contributed by atoms with Crippen LogP contribution in [0.25, 0.3) is 17.0 Å². The monoisotopic (exact) mass is 397 g/mol. The van der Waals surface area contributed by atoms with Gasteiger partial charge < -0.3 is 14.4 Å². The van der Waals surface area contributed by atoms with E-state index in [1.165, 1.54) is 11.6 Å². The lowest BCUT2D eigenvalue weighted by Crippen LogP contribution is -2.02. The van der Waals surface area contributed by atoms with Crippen LogP contribution in [0.5, 0.6) is 5.75 Å². The van der Waals surface area contributed by atoms with E-state index in [4.69, 9.17) is 9.84 Å². The van der Waals surface area contributed by atoms with Gasteiger partial charge in [0.1, 0.15) is 12.4 Å². The van der Waals surface area contributed by atoms with Crippen molar-refractivity contribution in [3.8, 4) is 5.75 Å². The van der Waals surface area contributed by atoms with Gasteiger partial charge in [0.15, 0.2) is 0 Å². The Balaban J connectivity index is 1.66. The molecule has 1 heterocycles. The van der Waals surface area contributed by atoms with Gasteiger partial charge in [0.05, 0.1) is 0 Å². The second kappa shape index (κ2) is 8.70. The molecule has 4 heteroatoms. The summed E-state index contributed by atoms with van der Waals surface area (Å²) in [5, 5.41) is 10.1. The van der Waals surface area contributed by atoms with Crippen molar-refractivity contribution in [3.05, 3.63) is 107 Å². The minimum absolute atomic E-state index is 0.502. The van der Waals surface area contributed by atoms with E-state index in [1.54, 1.807) is 6.08 Å². The van der Waals surface area contributed by atoms with Crippen molar-refractivity contribution in [2.45, 2.75) is 20.1 Å². The molecule has 0 atom stereocenters. The second-order valence-electron chi connectivity index (χ2n) is 7.31. The average molecular weight is 397 g/mol. The molecule has 0 aliphatic carbocycles. The van der Waals surface area contributed by atoms with Crippen molar-refractivity contribution < 1.29 is 14.6 Å². The molecule has 0 saturated carbocycles. The molecule has 0 aliphatic heterocycles. The normalized spacial score (nSPS) is 11.2. The van der Waals surface area contributed by atoms with Gasteiger partial charge in [0.25, 0.3) is 0 Å². The summed E-state index contributed by atoms with van der Waals surface area (Å²) in [4.78, 5) is 11.1. The number of carbonyl (C=O) groups is 1. The van der Waals surface area contributed by atoms with Gasteiger partial charge in [0, 0.05) is 29.2 Å². The van der Waals surface area contributed by atoms with Gasteiger partial charge in [-0.1, -0.05) is 60.2 Å². The fraction of sp³-hybridized carbons (Fsp3) is 0.115. The van der Waals surface area contributed by atoms with E-state index in [-0.39, 0.29) is 0 Å². The van der Waals surface area contributed by atoms with Gasteiger partial charge >= 0.3 is 5.97 Å². The number of hydrogen-bond donors (Lipinski definition) is 1. The molecule has 4 nitrogen and oxygen atoms in total. The van der Waals surface area contributed by atoms with Crippen LogP contribution in [-0.4, -0.2) is 15.6 Å². The van der Waals surface area contributed by atoms with Crippen LogP contribution in [0, 0.1) is 6.92 Å². The van der Waals surface area contributed by atoms with Gasteiger partial charge in [0.2, 0.25) is 0 Å². The third kappa shape index (κ3) is 4.61. The molecule has 0 amide bonds. The second-order valence-corrected chi connectivity index (χ2v) is 7.31. The third-order valence-corrected chi connectivity index (χ3v) is 5.01. The first-order valence-electron chi connectivity index (χ1n) is 9.85. The first-order chi connectivity index (χ1) is 14.6. The molecule has 30 heavy (non-hydrogen) atoms. The highest BCUT2D eigenvalue weighted by molar-refractivity contribution is 5.89. The van der Waals surface area contributed by atoms with Gasteiger partial charge in [-0.05, 0) is 48.4 Å². The molecule has 0 radical (unpaired) electrons. The largest absolute Gasteiger partial charge is 0.489 e. The summed E-state index contributed by atoms with van der Waals surface area (Å²) >= 11 is 0. The van der Waals surface area contributed by atoms with E-state index in [0.717, 1.165) is 33.5 Å². The molecule has 0 bridgehead atoms. The minimum Gasteiger partial charge on any atom is -0.489 e. The van der Waals surface area contributed by atoms with Crippen molar-refractivity contribution in [2.24, 2.45) is 0 Å². The molecule has 0 fully saturated rings. The van der Waals surface area contributed by atoms with Crippen molar-refractivity contribution in [1.82, 2.24) is 4.57 Å². The molecule has 0 aliphatic rings. The molecular formula is C26H23NO3. The Kier molecular flexibility index (Phi) is 5.66. The Morgan fingerprint density at radius 3 is 2.47 bits per heavy atom. The third-order valence-electron chi connectivity index (χ3n) is 5.01. The lowest BCUT2D eigenvalue weighted by Gasteiger charge is -2.10. The number of aliphatic carboxylic acids is 1. The highest BCUT2D eigenvalue weighted by Gasteiger charge is 2.10. The number of rotatable bonds is 7. The molecule has 1 aromatic heterocycles. The van der Waals surface area contributed by atoms with Crippen LogP contribution in [0.3, 0.4) is 0 Å². The highest BCUT2D eigenvalue weighted by Crippen LogP contribution is 2.27. The standard InChI is InChI=1S/C26H23NO3/c1-19-7-9-20(10-8-19)17-27-23(11-14-26(28)29)15-22-16-24(12-13-25(22)27)30-18-21-5-3-2-4-6-21/h2-16H,17-18H2,1H3,(H,28,29)/b14-11+. The number of carboxylic acids is 1.